The molecule has 0 saturated carbocycles. The van der Waals surface area contributed by atoms with Crippen LogP contribution in [-0.2, 0) is 4.79 Å². The molecule has 0 saturated heterocycles. The summed E-state index contributed by atoms with van der Waals surface area (Å²) < 4.78 is 0. The average molecular weight is 263 g/mol. The molecule has 3 N–H and O–H groups in total. The molecule has 0 bridgehead atoms. The lowest BCUT2D eigenvalue weighted by Crippen LogP contribution is -2.34. The molecule has 0 fully saturated rings. The first-order valence-electron chi connectivity index (χ1n) is 6.75. The predicted molar refractivity (Wildman–Crippen MR) is 78.9 cm³/mol. The highest BCUT2D eigenvalue weighted by Crippen LogP contribution is 2.11. The summed E-state index contributed by atoms with van der Waals surface area (Å²) in [4.78, 5) is 14.0. The second-order valence-electron chi connectivity index (χ2n) is 5.19. The van der Waals surface area contributed by atoms with E-state index in [1.165, 1.54) is 5.56 Å². The van der Waals surface area contributed by atoms with E-state index < -0.39 is 6.04 Å². The lowest BCUT2D eigenvalue weighted by Gasteiger charge is -2.13. The molecule has 1 atom stereocenters. The monoisotopic (exact) mass is 263 g/mol. The third-order valence-corrected chi connectivity index (χ3v) is 3.05. The van der Waals surface area contributed by atoms with E-state index >= 15 is 0 Å². The number of rotatable bonds is 7. The van der Waals surface area contributed by atoms with Crippen molar-refractivity contribution in [2.75, 3.05) is 27.2 Å². The van der Waals surface area contributed by atoms with Crippen molar-refractivity contribution < 1.29 is 4.79 Å². The SMILES string of the molecule is Cc1ccc(C(N)C(=O)NCCCCN(C)C)cc1. The molecule has 0 aliphatic heterocycles. The highest BCUT2D eigenvalue weighted by molar-refractivity contribution is 5.82. The maximum atomic E-state index is 11.9. The van der Waals surface area contributed by atoms with Crippen molar-refractivity contribution >= 4 is 5.91 Å². The summed E-state index contributed by atoms with van der Waals surface area (Å²) in [5.74, 6) is -0.103. The molecule has 0 aliphatic rings. The van der Waals surface area contributed by atoms with Gasteiger partial charge in [-0.15, -0.1) is 0 Å². The number of nitrogens with one attached hydrogen (secondary N) is 1. The summed E-state index contributed by atoms with van der Waals surface area (Å²) in [6.45, 7) is 3.74. The highest BCUT2D eigenvalue weighted by atomic mass is 16.2. The Morgan fingerprint density at radius 2 is 1.89 bits per heavy atom. The first kappa shape index (κ1) is 15.7. The Kier molecular flexibility index (Phi) is 6.53. The van der Waals surface area contributed by atoms with Gasteiger partial charge in [-0.3, -0.25) is 4.79 Å². The number of benzene rings is 1. The third-order valence-electron chi connectivity index (χ3n) is 3.05. The number of hydrogen-bond donors (Lipinski definition) is 2. The van der Waals surface area contributed by atoms with Gasteiger partial charge < -0.3 is 16.0 Å². The number of carbonyl (C=O) groups excluding carboxylic acids is 1. The zero-order valence-electron chi connectivity index (χ0n) is 12.1. The van der Waals surface area contributed by atoms with E-state index in [2.05, 4.69) is 10.2 Å². The van der Waals surface area contributed by atoms with E-state index in [9.17, 15) is 4.79 Å². The van der Waals surface area contributed by atoms with E-state index in [1.807, 2.05) is 45.3 Å². The standard InChI is InChI=1S/C15H25N3O/c1-12-6-8-13(9-7-12)14(16)15(19)17-10-4-5-11-18(2)3/h6-9,14H,4-5,10-11,16H2,1-3H3,(H,17,19). The normalized spacial score (nSPS) is 12.5. The Bertz CT molecular complexity index is 387. The molecule has 4 nitrogen and oxygen atoms in total. The van der Waals surface area contributed by atoms with E-state index in [1.54, 1.807) is 0 Å². The molecule has 106 valence electrons. The number of unbranched alkanes of at least 4 members (excludes halogenated alkanes) is 1. The van der Waals surface area contributed by atoms with Gasteiger partial charge in [0.15, 0.2) is 0 Å². The zero-order chi connectivity index (χ0) is 14.3. The number of nitrogens with zero attached hydrogens (tertiary/aromatic N) is 1. The lowest BCUT2D eigenvalue weighted by molar-refractivity contribution is -0.122. The molecule has 0 aliphatic carbocycles. The van der Waals surface area contributed by atoms with Crippen LogP contribution in [0.25, 0.3) is 0 Å². The highest BCUT2D eigenvalue weighted by Gasteiger charge is 2.14. The van der Waals surface area contributed by atoms with Crippen molar-refractivity contribution in [3.63, 3.8) is 0 Å². The molecule has 1 unspecified atom stereocenters. The summed E-state index contributed by atoms with van der Waals surface area (Å²) in [6.07, 6.45) is 2.05. The molecular formula is C15H25N3O. The van der Waals surface area contributed by atoms with Gasteiger partial charge in [0, 0.05) is 6.54 Å². The Hall–Kier alpha value is -1.39. The van der Waals surface area contributed by atoms with Crippen molar-refractivity contribution in [2.24, 2.45) is 5.73 Å². The second-order valence-corrected chi connectivity index (χ2v) is 5.19. The van der Waals surface area contributed by atoms with Crippen molar-refractivity contribution in [1.82, 2.24) is 10.2 Å². The Balaban J connectivity index is 2.31. The largest absolute Gasteiger partial charge is 0.354 e. The van der Waals surface area contributed by atoms with Crippen molar-refractivity contribution in [3.8, 4) is 0 Å². The van der Waals surface area contributed by atoms with Crippen LogP contribution in [0, 0.1) is 6.92 Å². The van der Waals surface area contributed by atoms with E-state index in [4.69, 9.17) is 5.73 Å². The van der Waals surface area contributed by atoms with Gasteiger partial charge in [0.1, 0.15) is 6.04 Å². The fourth-order valence-electron chi connectivity index (χ4n) is 1.80. The molecule has 4 heteroatoms. The van der Waals surface area contributed by atoms with Crippen LogP contribution in [0.5, 0.6) is 0 Å². The van der Waals surface area contributed by atoms with E-state index in [0.717, 1.165) is 24.9 Å². The van der Waals surface area contributed by atoms with Crippen molar-refractivity contribution in [1.29, 1.82) is 0 Å². The van der Waals surface area contributed by atoms with Crippen LogP contribution in [-0.4, -0.2) is 38.0 Å². The van der Waals surface area contributed by atoms with Gasteiger partial charge in [-0.2, -0.15) is 0 Å². The van der Waals surface area contributed by atoms with Crippen LogP contribution in [0.3, 0.4) is 0 Å². The smallest absolute Gasteiger partial charge is 0.241 e. The summed E-state index contributed by atoms with van der Waals surface area (Å²) in [6, 6.07) is 7.19. The number of aryl methyl sites for hydroxylation is 1. The molecule has 0 aromatic heterocycles. The maximum absolute atomic E-state index is 11.9. The molecule has 1 rings (SSSR count). The quantitative estimate of drug-likeness (QED) is 0.732. The Labute approximate surface area is 116 Å². The first-order chi connectivity index (χ1) is 9.00. The van der Waals surface area contributed by atoms with Gasteiger partial charge in [0.2, 0.25) is 5.91 Å². The number of amides is 1. The van der Waals surface area contributed by atoms with E-state index in [0.29, 0.717) is 6.54 Å². The molecule has 1 amide bonds. The van der Waals surface area contributed by atoms with Crippen LogP contribution < -0.4 is 11.1 Å². The minimum atomic E-state index is -0.575. The van der Waals surface area contributed by atoms with Crippen molar-refractivity contribution in [2.45, 2.75) is 25.8 Å². The average Bonchev–Trinajstić information content (AvgIpc) is 2.37. The number of carbonyl (C=O) groups is 1. The molecule has 0 spiro atoms. The fraction of sp³-hybridized carbons (Fsp3) is 0.533. The molecule has 0 radical (unpaired) electrons. The first-order valence-corrected chi connectivity index (χ1v) is 6.75. The van der Waals surface area contributed by atoms with Crippen LogP contribution in [0.4, 0.5) is 0 Å². The minimum absolute atomic E-state index is 0.103. The third kappa shape index (κ3) is 5.85. The van der Waals surface area contributed by atoms with Crippen LogP contribution in [0.1, 0.15) is 30.0 Å². The van der Waals surface area contributed by atoms with Crippen molar-refractivity contribution in [3.05, 3.63) is 35.4 Å². The summed E-state index contributed by atoms with van der Waals surface area (Å²) in [5, 5.41) is 2.89. The van der Waals surface area contributed by atoms with Gasteiger partial charge in [-0.05, 0) is 46.0 Å². The summed E-state index contributed by atoms with van der Waals surface area (Å²) in [5.41, 5.74) is 7.96. The fourth-order valence-corrected chi connectivity index (χ4v) is 1.80. The van der Waals surface area contributed by atoms with E-state index in [-0.39, 0.29) is 5.91 Å². The number of hydrogen-bond acceptors (Lipinski definition) is 3. The lowest BCUT2D eigenvalue weighted by atomic mass is 10.1. The topological polar surface area (TPSA) is 58.4 Å². The van der Waals surface area contributed by atoms with Gasteiger partial charge in [-0.25, -0.2) is 0 Å². The van der Waals surface area contributed by atoms with Crippen LogP contribution in [0.15, 0.2) is 24.3 Å². The zero-order valence-corrected chi connectivity index (χ0v) is 12.1. The second kappa shape index (κ2) is 7.92. The van der Waals surface area contributed by atoms with Crippen LogP contribution >= 0.6 is 0 Å². The molecular weight excluding hydrogens is 238 g/mol. The van der Waals surface area contributed by atoms with Gasteiger partial charge >= 0.3 is 0 Å². The predicted octanol–water partition coefficient (Wildman–Crippen LogP) is 1.45. The molecule has 19 heavy (non-hydrogen) atoms. The Morgan fingerprint density at radius 1 is 1.26 bits per heavy atom. The Morgan fingerprint density at radius 3 is 2.47 bits per heavy atom. The van der Waals surface area contributed by atoms with Gasteiger partial charge in [0.05, 0.1) is 0 Å². The molecule has 0 heterocycles. The summed E-state index contributed by atoms with van der Waals surface area (Å²) >= 11 is 0. The molecule has 1 aromatic carbocycles. The van der Waals surface area contributed by atoms with Gasteiger partial charge in [-0.1, -0.05) is 29.8 Å². The number of nitrogens with two attached hydrogens (primary N) is 1. The minimum Gasteiger partial charge on any atom is -0.354 e. The van der Waals surface area contributed by atoms with Gasteiger partial charge in [0.25, 0.3) is 0 Å². The molecule has 1 aromatic rings. The van der Waals surface area contributed by atoms with Crippen LogP contribution in [0.2, 0.25) is 0 Å². The maximum Gasteiger partial charge on any atom is 0.241 e. The summed E-state index contributed by atoms with van der Waals surface area (Å²) in [7, 11) is 4.10.